The number of rotatable bonds is 4. The molecule has 104 valence electrons. The SMILES string of the molecule is SC1CCC(CC2CC(CC3CCCC3)C2)CC1. The Labute approximate surface area is 119 Å². The topological polar surface area (TPSA) is 0 Å². The Hall–Kier alpha value is 0.350. The van der Waals surface area contributed by atoms with E-state index in [1.807, 2.05) is 0 Å². The maximum absolute atomic E-state index is 4.61. The van der Waals surface area contributed by atoms with Crippen LogP contribution in [0.1, 0.15) is 77.0 Å². The molecular weight excluding hydrogens is 236 g/mol. The van der Waals surface area contributed by atoms with Crippen LogP contribution in [0, 0.1) is 23.7 Å². The summed E-state index contributed by atoms with van der Waals surface area (Å²) in [5, 5.41) is 0.720. The Balaban J connectivity index is 1.30. The lowest BCUT2D eigenvalue weighted by molar-refractivity contribution is 0.123. The van der Waals surface area contributed by atoms with Crippen molar-refractivity contribution in [1.82, 2.24) is 0 Å². The highest BCUT2D eigenvalue weighted by atomic mass is 32.1. The van der Waals surface area contributed by atoms with Gasteiger partial charge in [-0.3, -0.25) is 0 Å². The monoisotopic (exact) mass is 266 g/mol. The molecule has 0 aromatic carbocycles. The van der Waals surface area contributed by atoms with E-state index < -0.39 is 0 Å². The van der Waals surface area contributed by atoms with Crippen molar-refractivity contribution in [2.45, 2.75) is 82.3 Å². The molecule has 0 aromatic rings. The molecule has 0 saturated heterocycles. The zero-order chi connectivity index (χ0) is 12.4. The summed E-state index contributed by atoms with van der Waals surface area (Å²) in [6.07, 6.45) is 18.1. The Bertz CT molecular complexity index is 242. The van der Waals surface area contributed by atoms with Crippen LogP contribution in [0.15, 0.2) is 0 Å². The van der Waals surface area contributed by atoms with Gasteiger partial charge in [0.25, 0.3) is 0 Å². The minimum atomic E-state index is 0.720. The molecule has 0 nitrogen and oxygen atoms in total. The Morgan fingerprint density at radius 3 is 1.67 bits per heavy atom. The van der Waals surface area contributed by atoms with E-state index in [1.54, 1.807) is 38.5 Å². The third-order valence-corrected chi connectivity index (χ3v) is 6.47. The molecule has 0 unspecified atom stereocenters. The first-order valence-corrected chi connectivity index (χ1v) is 8.99. The molecule has 0 heterocycles. The first kappa shape index (κ1) is 13.3. The average Bonchev–Trinajstić information content (AvgIpc) is 2.82. The molecule has 0 N–H and O–H groups in total. The highest BCUT2D eigenvalue weighted by Gasteiger charge is 2.33. The van der Waals surface area contributed by atoms with Gasteiger partial charge in [-0.2, -0.15) is 12.6 Å². The highest BCUT2D eigenvalue weighted by molar-refractivity contribution is 7.80. The van der Waals surface area contributed by atoms with Gasteiger partial charge in [-0.15, -0.1) is 0 Å². The number of hydrogen-bond donors (Lipinski definition) is 1. The lowest BCUT2D eigenvalue weighted by atomic mass is 9.66. The maximum atomic E-state index is 4.61. The fraction of sp³-hybridized carbons (Fsp3) is 1.00. The van der Waals surface area contributed by atoms with E-state index in [-0.39, 0.29) is 0 Å². The maximum Gasteiger partial charge on any atom is 0.00170 e. The normalized spacial score (nSPS) is 41.8. The molecule has 18 heavy (non-hydrogen) atoms. The molecule has 3 aliphatic carbocycles. The lowest BCUT2D eigenvalue weighted by Crippen LogP contribution is -2.28. The van der Waals surface area contributed by atoms with Crippen molar-refractivity contribution < 1.29 is 0 Å². The molecule has 3 fully saturated rings. The van der Waals surface area contributed by atoms with E-state index in [1.165, 1.54) is 38.5 Å². The van der Waals surface area contributed by atoms with Gasteiger partial charge in [0.05, 0.1) is 0 Å². The summed E-state index contributed by atoms with van der Waals surface area (Å²) < 4.78 is 0. The minimum absolute atomic E-state index is 0.720. The van der Waals surface area contributed by atoms with E-state index in [0.717, 1.165) is 28.9 Å². The van der Waals surface area contributed by atoms with Gasteiger partial charge in [0, 0.05) is 5.25 Å². The number of hydrogen-bond acceptors (Lipinski definition) is 1. The van der Waals surface area contributed by atoms with Gasteiger partial charge in [-0.25, -0.2) is 0 Å². The van der Waals surface area contributed by atoms with Crippen LogP contribution in [0.5, 0.6) is 0 Å². The van der Waals surface area contributed by atoms with Crippen LogP contribution >= 0.6 is 12.6 Å². The average molecular weight is 266 g/mol. The van der Waals surface area contributed by atoms with Gasteiger partial charge in [-0.1, -0.05) is 25.7 Å². The summed E-state index contributed by atoms with van der Waals surface area (Å²) >= 11 is 4.61. The van der Waals surface area contributed by atoms with E-state index in [9.17, 15) is 0 Å². The third-order valence-electron chi connectivity index (χ3n) is 5.96. The minimum Gasteiger partial charge on any atom is -0.176 e. The Morgan fingerprint density at radius 2 is 1.11 bits per heavy atom. The summed E-state index contributed by atoms with van der Waals surface area (Å²) in [7, 11) is 0. The van der Waals surface area contributed by atoms with E-state index >= 15 is 0 Å². The van der Waals surface area contributed by atoms with Gasteiger partial charge in [0.2, 0.25) is 0 Å². The van der Waals surface area contributed by atoms with E-state index in [2.05, 4.69) is 12.6 Å². The molecule has 3 rings (SSSR count). The highest BCUT2D eigenvalue weighted by Crippen LogP contribution is 2.45. The van der Waals surface area contributed by atoms with Gasteiger partial charge in [-0.05, 0) is 75.0 Å². The summed E-state index contributed by atoms with van der Waals surface area (Å²) in [6.45, 7) is 0. The predicted molar refractivity (Wildman–Crippen MR) is 82.1 cm³/mol. The first-order chi connectivity index (χ1) is 8.79. The fourth-order valence-corrected chi connectivity index (χ4v) is 5.13. The van der Waals surface area contributed by atoms with Crippen molar-refractivity contribution in [2.75, 3.05) is 0 Å². The van der Waals surface area contributed by atoms with Crippen LogP contribution < -0.4 is 0 Å². The number of thiol groups is 1. The Morgan fingerprint density at radius 1 is 0.611 bits per heavy atom. The summed E-state index contributed by atoms with van der Waals surface area (Å²) in [4.78, 5) is 0. The molecule has 0 aliphatic heterocycles. The molecule has 3 saturated carbocycles. The quantitative estimate of drug-likeness (QED) is 0.641. The standard InChI is InChI=1S/C17H30S/c18-17-7-5-14(6-8-17)10-16-11-15(12-16)9-13-3-1-2-4-13/h13-18H,1-12H2. The van der Waals surface area contributed by atoms with Crippen molar-refractivity contribution >= 4 is 12.6 Å². The van der Waals surface area contributed by atoms with Gasteiger partial charge in [0.15, 0.2) is 0 Å². The van der Waals surface area contributed by atoms with Crippen LogP contribution in [0.3, 0.4) is 0 Å². The molecule has 0 atom stereocenters. The third kappa shape index (κ3) is 3.46. The largest absolute Gasteiger partial charge is 0.176 e. The van der Waals surface area contributed by atoms with Gasteiger partial charge < -0.3 is 0 Å². The zero-order valence-corrected chi connectivity index (χ0v) is 12.7. The fourth-order valence-electron chi connectivity index (χ4n) is 4.83. The van der Waals surface area contributed by atoms with Crippen LogP contribution in [-0.2, 0) is 0 Å². The van der Waals surface area contributed by atoms with Crippen LogP contribution in [0.4, 0.5) is 0 Å². The van der Waals surface area contributed by atoms with Gasteiger partial charge in [0.1, 0.15) is 0 Å². The second-order valence-corrected chi connectivity index (χ2v) is 8.23. The Kier molecular flexibility index (Phi) is 4.59. The van der Waals surface area contributed by atoms with Crippen molar-refractivity contribution in [1.29, 1.82) is 0 Å². The second kappa shape index (κ2) is 6.20. The van der Waals surface area contributed by atoms with E-state index in [4.69, 9.17) is 0 Å². The molecule has 0 aromatic heterocycles. The van der Waals surface area contributed by atoms with Crippen molar-refractivity contribution in [3.05, 3.63) is 0 Å². The second-order valence-electron chi connectivity index (χ2n) is 7.50. The molecule has 0 bridgehead atoms. The predicted octanol–water partition coefficient (Wildman–Crippen LogP) is 5.47. The van der Waals surface area contributed by atoms with Crippen LogP contribution in [-0.4, -0.2) is 5.25 Å². The molecule has 1 heteroatoms. The summed E-state index contributed by atoms with van der Waals surface area (Å²) in [5.74, 6) is 4.42. The molecule has 0 amide bonds. The molecule has 0 spiro atoms. The summed E-state index contributed by atoms with van der Waals surface area (Å²) in [6, 6.07) is 0. The van der Waals surface area contributed by atoms with E-state index in [0.29, 0.717) is 0 Å². The smallest absolute Gasteiger partial charge is 0.00170 e. The van der Waals surface area contributed by atoms with Crippen LogP contribution in [0.25, 0.3) is 0 Å². The lowest BCUT2D eigenvalue weighted by Gasteiger charge is -2.40. The first-order valence-electron chi connectivity index (χ1n) is 8.47. The molecular formula is C17H30S. The van der Waals surface area contributed by atoms with Crippen LogP contribution in [0.2, 0.25) is 0 Å². The van der Waals surface area contributed by atoms with Crippen molar-refractivity contribution in [2.24, 2.45) is 23.7 Å². The zero-order valence-electron chi connectivity index (χ0n) is 11.8. The summed E-state index contributed by atoms with van der Waals surface area (Å²) in [5.41, 5.74) is 0. The molecule has 0 radical (unpaired) electrons. The van der Waals surface area contributed by atoms with Gasteiger partial charge >= 0.3 is 0 Å². The van der Waals surface area contributed by atoms with Crippen molar-refractivity contribution in [3.63, 3.8) is 0 Å². The molecule has 3 aliphatic rings. The van der Waals surface area contributed by atoms with Crippen molar-refractivity contribution in [3.8, 4) is 0 Å².